The zero-order valence-corrected chi connectivity index (χ0v) is 13.3. The van der Waals surface area contributed by atoms with Crippen LogP contribution in [0.25, 0.3) is 0 Å². The number of nitrogens with zero attached hydrogens (tertiary/aromatic N) is 1. The molecule has 1 amide bonds. The number of rotatable bonds is 3. The number of carbonyl (C=O) groups excluding carboxylic acids is 1. The molecule has 0 bridgehead atoms. The number of fused-ring (bicyclic) bond motifs is 1. The van der Waals surface area contributed by atoms with Crippen LogP contribution in [0.15, 0.2) is 12.1 Å². The fraction of sp³-hybridized carbons (Fsp3) is 0.611. The Labute approximate surface area is 131 Å². The smallest absolute Gasteiger partial charge is 0.257 e. The Morgan fingerprint density at radius 2 is 1.95 bits per heavy atom. The molecule has 0 unspecified atom stereocenters. The summed E-state index contributed by atoms with van der Waals surface area (Å²) < 4.78 is 13.9. The average Bonchev–Trinajstić information content (AvgIpc) is 2.81. The monoisotopic (exact) mass is 305 g/mol. The summed E-state index contributed by atoms with van der Waals surface area (Å²) in [4.78, 5) is 14.1. The van der Waals surface area contributed by atoms with Gasteiger partial charge < -0.3 is 10.0 Å². The maximum Gasteiger partial charge on any atom is 0.257 e. The van der Waals surface area contributed by atoms with Gasteiger partial charge in [-0.3, -0.25) is 4.79 Å². The van der Waals surface area contributed by atoms with E-state index in [1.54, 1.807) is 11.0 Å². The highest BCUT2D eigenvalue weighted by Crippen LogP contribution is 2.36. The van der Waals surface area contributed by atoms with E-state index >= 15 is 0 Å². The Kier molecular flexibility index (Phi) is 4.11. The number of hydrogen-bond acceptors (Lipinski definition) is 2. The van der Waals surface area contributed by atoms with E-state index in [0.29, 0.717) is 24.6 Å². The molecule has 3 nitrogen and oxygen atoms in total. The first kappa shape index (κ1) is 15.3. The molecule has 0 aromatic heterocycles. The van der Waals surface area contributed by atoms with Gasteiger partial charge >= 0.3 is 0 Å². The lowest BCUT2D eigenvalue weighted by Crippen LogP contribution is -2.32. The van der Waals surface area contributed by atoms with Gasteiger partial charge in [-0.1, -0.05) is 19.9 Å². The molecule has 1 aliphatic heterocycles. The average molecular weight is 305 g/mol. The second-order valence-corrected chi connectivity index (χ2v) is 7.14. The van der Waals surface area contributed by atoms with Crippen molar-refractivity contribution in [3.05, 3.63) is 29.1 Å². The predicted octanol–water partition coefficient (Wildman–Crippen LogP) is 3.95. The molecule has 3 rings (SSSR count). The minimum Gasteiger partial charge on any atom is -0.505 e. The van der Waals surface area contributed by atoms with Crippen molar-refractivity contribution in [1.29, 1.82) is 0 Å². The molecule has 0 saturated heterocycles. The standard InChI is InChI=1S/C18H24FNO2/c1-11(2)13-5-3-12(4-6-13)9-20-10-14-7-8-15(21)17(19)16(14)18(20)22/h7-8,11-13,21H,3-6,9-10H2,1-2H3. The molecule has 0 radical (unpaired) electrons. The van der Waals surface area contributed by atoms with Crippen LogP contribution in [0.1, 0.15) is 55.5 Å². The van der Waals surface area contributed by atoms with Crippen molar-refractivity contribution in [3.8, 4) is 5.75 Å². The van der Waals surface area contributed by atoms with Crippen molar-refractivity contribution >= 4 is 5.91 Å². The largest absolute Gasteiger partial charge is 0.505 e. The van der Waals surface area contributed by atoms with Gasteiger partial charge in [0.05, 0.1) is 5.56 Å². The predicted molar refractivity (Wildman–Crippen MR) is 83.1 cm³/mol. The molecule has 1 heterocycles. The van der Waals surface area contributed by atoms with Crippen LogP contribution >= 0.6 is 0 Å². The summed E-state index contributed by atoms with van der Waals surface area (Å²) in [5, 5.41) is 9.44. The van der Waals surface area contributed by atoms with E-state index in [-0.39, 0.29) is 11.5 Å². The number of amides is 1. The molecule has 0 spiro atoms. The summed E-state index contributed by atoms with van der Waals surface area (Å²) in [6, 6.07) is 2.99. The highest BCUT2D eigenvalue weighted by atomic mass is 19.1. The molecule has 22 heavy (non-hydrogen) atoms. The lowest BCUT2D eigenvalue weighted by molar-refractivity contribution is 0.0719. The minimum atomic E-state index is -0.770. The summed E-state index contributed by atoms with van der Waals surface area (Å²) in [7, 11) is 0. The quantitative estimate of drug-likeness (QED) is 0.918. The molecule has 4 heteroatoms. The number of phenolic OH excluding ortho intramolecular Hbond substituents is 1. The zero-order valence-electron chi connectivity index (χ0n) is 13.3. The first-order valence-corrected chi connectivity index (χ1v) is 8.27. The zero-order chi connectivity index (χ0) is 15.9. The summed E-state index contributed by atoms with van der Waals surface area (Å²) in [6.45, 7) is 5.73. The Balaban J connectivity index is 1.64. The summed E-state index contributed by atoms with van der Waals surface area (Å²) in [5.41, 5.74) is 0.757. The van der Waals surface area contributed by atoms with Gasteiger partial charge in [0.2, 0.25) is 0 Å². The number of aromatic hydroxyl groups is 1. The minimum absolute atomic E-state index is 0.0656. The van der Waals surface area contributed by atoms with Crippen molar-refractivity contribution in [3.63, 3.8) is 0 Å². The summed E-state index contributed by atoms with van der Waals surface area (Å²) in [6.07, 6.45) is 4.76. The van der Waals surface area contributed by atoms with Gasteiger partial charge in [-0.2, -0.15) is 0 Å². The van der Waals surface area contributed by atoms with Gasteiger partial charge in [0.15, 0.2) is 11.6 Å². The normalized spacial score (nSPS) is 24.9. The fourth-order valence-electron chi connectivity index (χ4n) is 3.90. The van der Waals surface area contributed by atoms with Gasteiger partial charge in [-0.15, -0.1) is 0 Å². The molecule has 1 saturated carbocycles. The third kappa shape index (κ3) is 2.71. The lowest BCUT2D eigenvalue weighted by atomic mass is 9.77. The van der Waals surface area contributed by atoms with E-state index in [1.807, 2.05) is 0 Å². The number of halogens is 1. The first-order chi connectivity index (χ1) is 10.5. The van der Waals surface area contributed by atoms with E-state index in [4.69, 9.17) is 0 Å². The van der Waals surface area contributed by atoms with Crippen LogP contribution in [-0.2, 0) is 6.54 Å². The summed E-state index contributed by atoms with van der Waals surface area (Å²) >= 11 is 0. The van der Waals surface area contributed by atoms with Crippen LogP contribution in [0.3, 0.4) is 0 Å². The Morgan fingerprint density at radius 3 is 2.59 bits per heavy atom. The van der Waals surface area contributed by atoms with Crippen LogP contribution in [0, 0.1) is 23.6 Å². The maximum absolute atomic E-state index is 13.9. The number of hydrogen-bond donors (Lipinski definition) is 1. The molecular weight excluding hydrogens is 281 g/mol. The molecular formula is C18H24FNO2. The molecule has 1 aromatic rings. The van der Waals surface area contributed by atoms with Gasteiger partial charge in [0.25, 0.3) is 5.91 Å². The van der Waals surface area contributed by atoms with Crippen molar-refractivity contribution in [2.24, 2.45) is 17.8 Å². The molecule has 1 fully saturated rings. The maximum atomic E-state index is 13.9. The van der Waals surface area contributed by atoms with Crippen molar-refractivity contribution < 1.29 is 14.3 Å². The summed E-state index contributed by atoms with van der Waals surface area (Å²) in [5.74, 6) is 0.576. The van der Waals surface area contributed by atoms with Gasteiger partial charge in [0.1, 0.15) is 0 Å². The molecule has 1 aliphatic carbocycles. The van der Waals surface area contributed by atoms with Gasteiger partial charge in [-0.25, -0.2) is 4.39 Å². The number of carbonyl (C=O) groups is 1. The number of phenols is 1. The van der Waals surface area contributed by atoms with Crippen LogP contribution in [0.2, 0.25) is 0 Å². The van der Waals surface area contributed by atoms with E-state index in [1.165, 1.54) is 18.9 Å². The number of benzene rings is 1. The SMILES string of the molecule is CC(C)C1CCC(CN2Cc3ccc(O)c(F)c3C2=O)CC1. The second-order valence-electron chi connectivity index (χ2n) is 7.14. The van der Waals surface area contributed by atoms with Crippen molar-refractivity contribution in [2.75, 3.05) is 6.54 Å². The molecule has 1 aromatic carbocycles. The lowest BCUT2D eigenvalue weighted by Gasteiger charge is -2.33. The topological polar surface area (TPSA) is 40.5 Å². The second kappa shape index (κ2) is 5.90. The van der Waals surface area contributed by atoms with Crippen molar-refractivity contribution in [1.82, 2.24) is 4.90 Å². The van der Waals surface area contributed by atoms with E-state index in [0.717, 1.165) is 24.7 Å². The van der Waals surface area contributed by atoms with Crippen LogP contribution in [-0.4, -0.2) is 22.5 Å². The molecule has 1 N–H and O–H groups in total. The highest BCUT2D eigenvalue weighted by Gasteiger charge is 2.34. The molecule has 0 atom stereocenters. The van der Waals surface area contributed by atoms with Gasteiger partial charge in [-0.05, 0) is 55.1 Å². The van der Waals surface area contributed by atoms with E-state index in [9.17, 15) is 14.3 Å². The van der Waals surface area contributed by atoms with Crippen LogP contribution in [0.4, 0.5) is 4.39 Å². The van der Waals surface area contributed by atoms with E-state index < -0.39 is 11.6 Å². The third-order valence-electron chi connectivity index (χ3n) is 5.38. The fourth-order valence-corrected chi connectivity index (χ4v) is 3.90. The Bertz CT molecular complexity index is 577. The van der Waals surface area contributed by atoms with Crippen LogP contribution < -0.4 is 0 Å². The molecule has 120 valence electrons. The molecule has 2 aliphatic rings. The first-order valence-electron chi connectivity index (χ1n) is 8.27. The Morgan fingerprint density at radius 1 is 1.27 bits per heavy atom. The van der Waals surface area contributed by atoms with Crippen molar-refractivity contribution in [2.45, 2.75) is 46.1 Å². The van der Waals surface area contributed by atoms with Crippen LogP contribution in [0.5, 0.6) is 5.75 Å². The van der Waals surface area contributed by atoms with E-state index in [2.05, 4.69) is 13.8 Å². The van der Waals surface area contributed by atoms with Gasteiger partial charge in [0, 0.05) is 13.1 Å². The third-order valence-corrected chi connectivity index (χ3v) is 5.38. The highest BCUT2D eigenvalue weighted by molar-refractivity contribution is 5.99. The Hall–Kier alpha value is -1.58.